The molecule has 0 saturated carbocycles. The predicted octanol–water partition coefficient (Wildman–Crippen LogP) is 4.22. The van der Waals surface area contributed by atoms with Crippen LogP contribution in [0.2, 0.25) is 0 Å². The van der Waals surface area contributed by atoms with Crippen LogP contribution in [0.5, 0.6) is 11.5 Å². The minimum absolute atomic E-state index is 0.272. The van der Waals surface area contributed by atoms with E-state index in [2.05, 4.69) is 15.0 Å². The molecule has 27 heavy (non-hydrogen) atoms. The van der Waals surface area contributed by atoms with Gasteiger partial charge in [-0.2, -0.15) is 0 Å². The number of methoxy groups -OCH3 is 1. The second-order valence-electron chi connectivity index (χ2n) is 5.79. The number of amides is 1. The maximum absolute atomic E-state index is 12.4. The molecular weight excluding hydrogens is 344 g/mol. The molecule has 0 aliphatic rings. The van der Waals surface area contributed by atoms with Gasteiger partial charge in [0.25, 0.3) is 5.91 Å². The van der Waals surface area contributed by atoms with Crippen LogP contribution in [-0.2, 0) is 4.74 Å². The number of aromatic nitrogens is 1. The number of hydrogen-bond acceptors (Lipinski definition) is 5. The van der Waals surface area contributed by atoms with E-state index in [0.29, 0.717) is 28.3 Å². The van der Waals surface area contributed by atoms with Gasteiger partial charge in [0, 0.05) is 17.4 Å². The fourth-order valence-electron chi connectivity index (χ4n) is 2.45. The smallest absolute Gasteiger partial charge is 0.337 e. The van der Waals surface area contributed by atoms with Crippen molar-refractivity contribution in [2.45, 2.75) is 6.92 Å². The minimum atomic E-state index is -0.443. The predicted molar refractivity (Wildman–Crippen MR) is 101 cm³/mol. The maximum Gasteiger partial charge on any atom is 0.337 e. The van der Waals surface area contributed by atoms with E-state index in [0.717, 1.165) is 5.56 Å². The fourth-order valence-corrected chi connectivity index (χ4v) is 2.45. The van der Waals surface area contributed by atoms with Crippen LogP contribution in [0.15, 0.2) is 67.0 Å². The molecule has 0 unspecified atom stereocenters. The van der Waals surface area contributed by atoms with Crippen molar-refractivity contribution in [2.75, 3.05) is 12.4 Å². The number of nitrogens with zero attached hydrogens (tertiary/aromatic N) is 1. The van der Waals surface area contributed by atoms with Crippen molar-refractivity contribution in [1.29, 1.82) is 0 Å². The van der Waals surface area contributed by atoms with Crippen LogP contribution in [0.3, 0.4) is 0 Å². The minimum Gasteiger partial charge on any atom is -0.465 e. The first kappa shape index (κ1) is 18.1. The molecule has 1 aromatic heterocycles. The number of anilines is 1. The van der Waals surface area contributed by atoms with E-state index < -0.39 is 5.97 Å². The number of nitrogens with one attached hydrogen (secondary N) is 1. The van der Waals surface area contributed by atoms with Gasteiger partial charge in [0.05, 0.1) is 18.9 Å². The topological polar surface area (TPSA) is 77.5 Å². The number of benzene rings is 2. The molecule has 1 heterocycles. The zero-order valence-corrected chi connectivity index (χ0v) is 14.9. The van der Waals surface area contributed by atoms with Crippen molar-refractivity contribution in [3.05, 3.63) is 83.7 Å². The van der Waals surface area contributed by atoms with E-state index in [4.69, 9.17) is 4.74 Å². The first-order valence-corrected chi connectivity index (χ1v) is 8.25. The van der Waals surface area contributed by atoms with Gasteiger partial charge < -0.3 is 14.8 Å². The lowest BCUT2D eigenvalue weighted by molar-refractivity contribution is 0.0600. The van der Waals surface area contributed by atoms with Crippen LogP contribution < -0.4 is 10.1 Å². The third kappa shape index (κ3) is 4.49. The Balaban J connectivity index is 1.69. The number of hydrogen-bond donors (Lipinski definition) is 1. The van der Waals surface area contributed by atoms with Gasteiger partial charge in [-0.1, -0.05) is 0 Å². The number of aryl methyl sites for hydroxylation is 1. The third-order valence-electron chi connectivity index (χ3n) is 3.86. The van der Waals surface area contributed by atoms with E-state index in [1.807, 2.05) is 19.1 Å². The van der Waals surface area contributed by atoms with Gasteiger partial charge in [0.1, 0.15) is 11.5 Å². The molecule has 0 fully saturated rings. The summed E-state index contributed by atoms with van der Waals surface area (Å²) in [7, 11) is 1.31. The second-order valence-corrected chi connectivity index (χ2v) is 5.79. The van der Waals surface area contributed by atoms with Crippen LogP contribution in [0.25, 0.3) is 0 Å². The second kappa shape index (κ2) is 8.14. The Bertz CT molecular complexity index is 954. The summed E-state index contributed by atoms with van der Waals surface area (Å²) < 4.78 is 10.4. The van der Waals surface area contributed by atoms with Gasteiger partial charge in [0.15, 0.2) is 0 Å². The number of carbonyl (C=O) groups is 2. The van der Waals surface area contributed by atoms with Gasteiger partial charge in [0.2, 0.25) is 0 Å². The van der Waals surface area contributed by atoms with Crippen LogP contribution in [0, 0.1) is 6.92 Å². The van der Waals surface area contributed by atoms with Crippen molar-refractivity contribution in [1.82, 2.24) is 4.98 Å². The SMILES string of the molecule is COC(=O)c1ccc(C(=O)Nc2ccc(Oc3cccnc3)c(C)c2)cc1. The quantitative estimate of drug-likeness (QED) is 0.688. The Morgan fingerprint density at radius 1 is 1.00 bits per heavy atom. The Morgan fingerprint density at radius 2 is 1.74 bits per heavy atom. The van der Waals surface area contributed by atoms with E-state index in [9.17, 15) is 9.59 Å². The fraction of sp³-hybridized carbons (Fsp3) is 0.0952. The molecule has 0 saturated heterocycles. The molecule has 1 N–H and O–H groups in total. The average Bonchev–Trinajstić information content (AvgIpc) is 2.70. The van der Waals surface area contributed by atoms with E-state index in [1.54, 1.807) is 54.9 Å². The van der Waals surface area contributed by atoms with Crippen molar-refractivity contribution in [3.63, 3.8) is 0 Å². The molecular formula is C21H18N2O4. The van der Waals surface area contributed by atoms with Crippen molar-refractivity contribution in [2.24, 2.45) is 0 Å². The lowest BCUT2D eigenvalue weighted by atomic mass is 10.1. The zero-order chi connectivity index (χ0) is 19.2. The number of carbonyl (C=O) groups excluding carboxylic acids is 2. The molecule has 0 spiro atoms. The zero-order valence-electron chi connectivity index (χ0n) is 14.9. The monoisotopic (exact) mass is 362 g/mol. The van der Waals surface area contributed by atoms with Gasteiger partial charge in [-0.15, -0.1) is 0 Å². The Hall–Kier alpha value is -3.67. The normalized spacial score (nSPS) is 10.1. The maximum atomic E-state index is 12.4. The van der Waals surface area contributed by atoms with E-state index in [-0.39, 0.29) is 5.91 Å². The number of esters is 1. The first-order valence-electron chi connectivity index (χ1n) is 8.25. The summed E-state index contributed by atoms with van der Waals surface area (Å²) in [4.78, 5) is 27.8. The van der Waals surface area contributed by atoms with E-state index in [1.165, 1.54) is 7.11 Å². The Morgan fingerprint density at radius 3 is 2.37 bits per heavy atom. The van der Waals surface area contributed by atoms with Gasteiger partial charge in [-0.25, -0.2) is 4.79 Å². The number of pyridine rings is 1. The highest BCUT2D eigenvalue weighted by molar-refractivity contribution is 6.04. The third-order valence-corrected chi connectivity index (χ3v) is 3.86. The lowest BCUT2D eigenvalue weighted by Crippen LogP contribution is -2.12. The molecule has 0 atom stereocenters. The summed E-state index contributed by atoms with van der Waals surface area (Å²) in [5, 5.41) is 2.83. The molecule has 3 rings (SSSR count). The molecule has 1 amide bonds. The molecule has 0 aliphatic carbocycles. The van der Waals surface area contributed by atoms with Crippen molar-refractivity contribution >= 4 is 17.6 Å². The van der Waals surface area contributed by atoms with Gasteiger partial charge in [-0.05, 0) is 67.1 Å². The largest absolute Gasteiger partial charge is 0.465 e. The van der Waals surface area contributed by atoms with Crippen LogP contribution in [0.4, 0.5) is 5.69 Å². The first-order chi connectivity index (χ1) is 13.1. The molecule has 2 aromatic carbocycles. The molecule has 6 heteroatoms. The number of ether oxygens (including phenoxy) is 2. The van der Waals surface area contributed by atoms with Crippen LogP contribution in [0.1, 0.15) is 26.3 Å². The molecule has 6 nitrogen and oxygen atoms in total. The molecule has 136 valence electrons. The molecule has 3 aromatic rings. The molecule has 0 bridgehead atoms. The van der Waals surface area contributed by atoms with Crippen molar-refractivity contribution < 1.29 is 19.1 Å². The summed E-state index contributed by atoms with van der Waals surface area (Å²) >= 11 is 0. The molecule has 0 radical (unpaired) electrons. The Labute approximate surface area is 156 Å². The number of rotatable bonds is 5. The highest BCUT2D eigenvalue weighted by Gasteiger charge is 2.10. The summed E-state index contributed by atoms with van der Waals surface area (Å²) in [6, 6.07) is 15.3. The van der Waals surface area contributed by atoms with Gasteiger partial charge >= 0.3 is 5.97 Å². The van der Waals surface area contributed by atoms with Crippen molar-refractivity contribution in [3.8, 4) is 11.5 Å². The summed E-state index contributed by atoms with van der Waals surface area (Å²) in [6.45, 7) is 1.90. The summed E-state index contributed by atoms with van der Waals surface area (Å²) in [5.41, 5.74) is 2.35. The molecule has 0 aliphatic heterocycles. The van der Waals surface area contributed by atoms with Crippen LogP contribution in [-0.4, -0.2) is 24.0 Å². The highest BCUT2D eigenvalue weighted by Crippen LogP contribution is 2.27. The lowest BCUT2D eigenvalue weighted by Gasteiger charge is -2.11. The highest BCUT2D eigenvalue weighted by atomic mass is 16.5. The van der Waals surface area contributed by atoms with Gasteiger partial charge in [-0.3, -0.25) is 9.78 Å². The standard InChI is InChI=1S/C21H18N2O4/c1-14-12-17(9-10-19(14)27-18-4-3-11-22-13-18)23-20(24)15-5-7-16(8-6-15)21(25)26-2/h3-13H,1-2H3,(H,23,24). The van der Waals surface area contributed by atoms with E-state index >= 15 is 0 Å². The summed E-state index contributed by atoms with van der Waals surface area (Å²) in [6.07, 6.45) is 3.31. The Kier molecular flexibility index (Phi) is 5.47. The average molecular weight is 362 g/mol. The summed E-state index contributed by atoms with van der Waals surface area (Å²) in [5.74, 6) is 0.611. The van der Waals surface area contributed by atoms with Crippen LogP contribution >= 0.6 is 0 Å².